The zero-order chi connectivity index (χ0) is 25.9. The van der Waals surface area contributed by atoms with E-state index in [1.807, 2.05) is 104 Å². The van der Waals surface area contributed by atoms with Gasteiger partial charge in [0, 0.05) is 23.9 Å². The third kappa shape index (κ3) is 7.67. The van der Waals surface area contributed by atoms with E-state index in [2.05, 4.69) is 15.5 Å². The van der Waals surface area contributed by atoms with Crippen LogP contribution in [0.15, 0.2) is 108 Å². The van der Waals surface area contributed by atoms with Crippen molar-refractivity contribution in [3.63, 3.8) is 0 Å². The summed E-state index contributed by atoms with van der Waals surface area (Å²) >= 11 is 0. The third-order valence-corrected chi connectivity index (χ3v) is 5.68. The number of oxime groups is 1. The Kier molecular flexibility index (Phi) is 8.86. The minimum absolute atomic E-state index is 0.299. The third-order valence-electron chi connectivity index (χ3n) is 5.68. The van der Waals surface area contributed by atoms with E-state index in [1.165, 1.54) is 0 Å². The van der Waals surface area contributed by atoms with Gasteiger partial charge in [0.1, 0.15) is 18.4 Å². The Balaban J connectivity index is 1.21. The zero-order valence-electron chi connectivity index (χ0n) is 20.6. The van der Waals surface area contributed by atoms with Gasteiger partial charge in [0.25, 0.3) is 0 Å². The highest BCUT2D eigenvalue weighted by Gasteiger charge is 2.17. The maximum atomic E-state index is 11.7. The number of aliphatic carboxylic acids is 1. The average molecular weight is 496 g/mol. The van der Waals surface area contributed by atoms with Gasteiger partial charge in [-0.05, 0) is 54.4 Å². The molecule has 0 aliphatic heterocycles. The smallest absolute Gasteiger partial charge is 0.326 e. The molecule has 0 amide bonds. The van der Waals surface area contributed by atoms with E-state index in [4.69, 9.17) is 9.57 Å². The first-order chi connectivity index (χ1) is 18.1. The van der Waals surface area contributed by atoms with Crippen molar-refractivity contribution in [1.29, 1.82) is 0 Å². The molecular formula is C30H29N3O4. The number of pyridine rings is 1. The van der Waals surface area contributed by atoms with Crippen molar-refractivity contribution < 1.29 is 19.5 Å². The van der Waals surface area contributed by atoms with Gasteiger partial charge in [-0.3, -0.25) is 4.98 Å². The molecule has 188 valence electrons. The number of carbonyl (C=O) groups is 1. The molecule has 3 aromatic carbocycles. The molecule has 0 fully saturated rings. The summed E-state index contributed by atoms with van der Waals surface area (Å²) in [5, 5.41) is 16.8. The summed E-state index contributed by atoms with van der Waals surface area (Å²) < 4.78 is 5.73. The Labute approximate surface area is 216 Å². The lowest BCUT2D eigenvalue weighted by molar-refractivity contribution is -0.137. The van der Waals surface area contributed by atoms with Crippen LogP contribution in [0.2, 0.25) is 0 Å². The van der Waals surface area contributed by atoms with Crippen LogP contribution < -0.4 is 10.1 Å². The molecule has 0 saturated heterocycles. The lowest BCUT2D eigenvalue weighted by Crippen LogP contribution is -2.31. The molecule has 1 unspecified atom stereocenters. The fourth-order valence-corrected chi connectivity index (χ4v) is 3.70. The molecule has 4 aromatic rings. The number of hydrogen-bond acceptors (Lipinski definition) is 6. The second-order valence-corrected chi connectivity index (χ2v) is 8.40. The molecule has 7 heteroatoms. The molecular weight excluding hydrogens is 466 g/mol. The van der Waals surface area contributed by atoms with Crippen LogP contribution in [0.3, 0.4) is 0 Å². The van der Waals surface area contributed by atoms with E-state index in [-0.39, 0.29) is 0 Å². The molecule has 0 aliphatic rings. The minimum atomic E-state index is -0.902. The number of hydrogen-bond donors (Lipinski definition) is 2. The van der Waals surface area contributed by atoms with Crippen LogP contribution in [0, 0.1) is 0 Å². The van der Waals surface area contributed by atoms with E-state index < -0.39 is 12.0 Å². The number of para-hydroxylation sites is 1. The van der Waals surface area contributed by atoms with Crippen molar-refractivity contribution in [2.75, 3.05) is 18.5 Å². The van der Waals surface area contributed by atoms with Gasteiger partial charge in [-0.15, -0.1) is 0 Å². The predicted molar refractivity (Wildman–Crippen MR) is 145 cm³/mol. The maximum absolute atomic E-state index is 11.7. The van der Waals surface area contributed by atoms with Gasteiger partial charge in [-0.2, -0.15) is 0 Å². The van der Waals surface area contributed by atoms with Gasteiger partial charge in [0.05, 0.1) is 11.4 Å². The molecule has 1 heterocycles. The number of nitrogens with one attached hydrogen (secondary N) is 1. The highest BCUT2D eigenvalue weighted by atomic mass is 16.6. The van der Waals surface area contributed by atoms with Gasteiger partial charge in [-0.25, -0.2) is 4.79 Å². The SMILES string of the molecule is C/C(=N/OCCOc1ccc(CC(Nc2ccccc2)C(=O)O)cc1)c1ccc(-c2ccccn2)cc1. The summed E-state index contributed by atoms with van der Waals surface area (Å²) in [7, 11) is 0. The number of carboxylic acids is 1. The Morgan fingerprint density at radius 1 is 0.919 bits per heavy atom. The van der Waals surface area contributed by atoms with Gasteiger partial charge in [-0.1, -0.05) is 65.8 Å². The number of carboxylic acid groups (broad SMARTS) is 1. The maximum Gasteiger partial charge on any atom is 0.326 e. The Hall–Kier alpha value is -4.65. The number of benzene rings is 3. The highest BCUT2D eigenvalue weighted by molar-refractivity contribution is 5.98. The Morgan fingerprint density at radius 3 is 2.32 bits per heavy atom. The van der Waals surface area contributed by atoms with Crippen molar-refractivity contribution in [3.8, 4) is 17.0 Å². The molecule has 7 nitrogen and oxygen atoms in total. The lowest BCUT2D eigenvalue weighted by Gasteiger charge is -2.16. The Bertz CT molecular complexity index is 1290. The van der Waals surface area contributed by atoms with Crippen LogP contribution in [0.25, 0.3) is 11.3 Å². The summed E-state index contributed by atoms with van der Waals surface area (Å²) in [5.41, 5.74) is 5.38. The number of anilines is 1. The van der Waals surface area contributed by atoms with Crippen molar-refractivity contribution in [2.24, 2.45) is 5.16 Å². The normalized spacial score (nSPS) is 12.0. The summed E-state index contributed by atoms with van der Waals surface area (Å²) in [6, 6.07) is 29.8. The van der Waals surface area contributed by atoms with Crippen LogP contribution >= 0.6 is 0 Å². The topological polar surface area (TPSA) is 93.0 Å². The van der Waals surface area contributed by atoms with Crippen LogP contribution in [-0.4, -0.2) is 41.0 Å². The van der Waals surface area contributed by atoms with Gasteiger partial charge in [0.15, 0.2) is 6.61 Å². The molecule has 37 heavy (non-hydrogen) atoms. The van der Waals surface area contributed by atoms with Crippen LogP contribution in [-0.2, 0) is 16.1 Å². The molecule has 0 aliphatic carbocycles. The molecule has 0 radical (unpaired) electrons. The monoisotopic (exact) mass is 495 g/mol. The zero-order valence-corrected chi connectivity index (χ0v) is 20.6. The Morgan fingerprint density at radius 2 is 1.65 bits per heavy atom. The molecule has 4 rings (SSSR count). The minimum Gasteiger partial charge on any atom is -0.490 e. The van der Waals surface area contributed by atoms with Gasteiger partial charge < -0.3 is 20.0 Å². The summed E-state index contributed by atoms with van der Waals surface area (Å²) in [4.78, 5) is 21.5. The van der Waals surface area contributed by atoms with Crippen molar-refractivity contribution in [2.45, 2.75) is 19.4 Å². The first kappa shape index (κ1) is 25.4. The first-order valence-electron chi connectivity index (χ1n) is 12.0. The quantitative estimate of drug-likeness (QED) is 0.149. The second kappa shape index (κ2) is 12.9. The van der Waals surface area contributed by atoms with Crippen molar-refractivity contribution >= 4 is 17.4 Å². The summed E-state index contributed by atoms with van der Waals surface area (Å²) in [6.07, 6.45) is 2.13. The van der Waals surface area contributed by atoms with E-state index in [0.717, 1.165) is 33.8 Å². The van der Waals surface area contributed by atoms with Crippen molar-refractivity contribution in [1.82, 2.24) is 4.98 Å². The van der Waals surface area contributed by atoms with Crippen LogP contribution in [0.1, 0.15) is 18.1 Å². The molecule has 1 atom stereocenters. The van der Waals surface area contributed by atoms with Crippen molar-refractivity contribution in [3.05, 3.63) is 114 Å². The fraction of sp³-hybridized carbons (Fsp3) is 0.167. The van der Waals surface area contributed by atoms with E-state index in [0.29, 0.717) is 25.4 Å². The van der Waals surface area contributed by atoms with E-state index >= 15 is 0 Å². The van der Waals surface area contributed by atoms with E-state index in [9.17, 15) is 9.90 Å². The highest BCUT2D eigenvalue weighted by Crippen LogP contribution is 2.18. The fourth-order valence-electron chi connectivity index (χ4n) is 3.70. The standard InChI is InChI=1S/C30H29N3O4/c1-22(24-12-14-25(15-13-24)28-9-5-6-18-31-28)33-37-20-19-36-27-16-10-23(11-17-27)21-29(30(34)35)32-26-7-3-2-4-8-26/h2-18,29,32H,19-21H2,1H3,(H,34,35)/b33-22-. The van der Waals surface area contributed by atoms with E-state index in [1.54, 1.807) is 6.20 Å². The first-order valence-corrected chi connectivity index (χ1v) is 12.0. The molecule has 0 bridgehead atoms. The predicted octanol–water partition coefficient (Wildman–Crippen LogP) is 5.68. The second-order valence-electron chi connectivity index (χ2n) is 8.40. The number of ether oxygens (including phenoxy) is 1. The summed E-state index contributed by atoms with van der Waals surface area (Å²) in [6.45, 7) is 2.53. The van der Waals surface area contributed by atoms with Crippen LogP contribution in [0.5, 0.6) is 5.75 Å². The number of aromatic nitrogens is 1. The lowest BCUT2D eigenvalue weighted by atomic mass is 10.1. The summed E-state index contributed by atoms with van der Waals surface area (Å²) in [5.74, 6) is -0.220. The van der Waals surface area contributed by atoms with Crippen LogP contribution in [0.4, 0.5) is 5.69 Å². The molecule has 0 spiro atoms. The number of rotatable bonds is 12. The molecule has 0 saturated carbocycles. The van der Waals surface area contributed by atoms with Gasteiger partial charge in [0.2, 0.25) is 0 Å². The molecule has 1 aromatic heterocycles. The molecule has 2 N–H and O–H groups in total. The van der Waals surface area contributed by atoms with Gasteiger partial charge >= 0.3 is 5.97 Å². The average Bonchev–Trinajstić information content (AvgIpc) is 2.94. The number of nitrogens with zero attached hydrogens (tertiary/aromatic N) is 2. The largest absolute Gasteiger partial charge is 0.490 e.